The highest BCUT2D eigenvalue weighted by molar-refractivity contribution is 5.65. The second-order valence-electron chi connectivity index (χ2n) is 6.63. The summed E-state index contributed by atoms with van der Waals surface area (Å²) in [5, 5.41) is 7.45. The van der Waals surface area contributed by atoms with E-state index in [4.69, 9.17) is 0 Å². The topological polar surface area (TPSA) is 44.8 Å². The van der Waals surface area contributed by atoms with Gasteiger partial charge in [-0.15, -0.1) is 0 Å². The van der Waals surface area contributed by atoms with E-state index in [0.717, 1.165) is 49.3 Å². The Bertz CT molecular complexity index is 813. The first kappa shape index (κ1) is 16.0. The van der Waals surface area contributed by atoms with Crippen LogP contribution in [0.15, 0.2) is 55.0 Å². The van der Waals surface area contributed by atoms with E-state index in [9.17, 15) is 4.39 Å². The molecule has 0 aliphatic carbocycles. The molecule has 0 bridgehead atoms. The van der Waals surface area contributed by atoms with Gasteiger partial charge in [-0.2, -0.15) is 5.10 Å². The van der Waals surface area contributed by atoms with Crippen LogP contribution in [-0.2, 0) is 6.54 Å². The third-order valence-electron chi connectivity index (χ3n) is 4.89. The van der Waals surface area contributed by atoms with Crippen molar-refractivity contribution in [3.8, 4) is 11.1 Å². The molecule has 3 aromatic rings. The van der Waals surface area contributed by atoms with E-state index in [1.54, 1.807) is 0 Å². The number of aromatic nitrogens is 3. The number of likely N-dealkylation sites (tertiary alicyclic amines) is 1. The summed E-state index contributed by atoms with van der Waals surface area (Å²) in [7, 11) is 0. The van der Waals surface area contributed by atoms with Crippen LogP contribution >= 0.6 is 0 Å². The van der Waals surface area contributed by atoms with Gasteiger partial charge < -0.3 is 0 Å². The lowest BCUT2D eigenvalue weighted by molar-refractivity contribution is 0.198. The zero-order chi connectivity index (χ0) is 17.1. The fourth-order valence-electron chi connectivity index (χ4n) is 3.65. The van der Waals surface area contributed by atoms with Gasteiger partial charge in [0.1, 0.15) is 5.82 Å². The van der Waals surface area contributed by atoms with E-state index < -0.39 is 0 Å². The molecule has 0 amide bonds. The van der Waals surface area contributed by atoms with Gasteiger partial charge in [-0.1, -0.05) is 12.1 Å². The number of nitrogens with zero attached hydrogens (tertiary/aromatic N) is 3. The summed E-state index contributed by atoms with van der Waals surface area (Å²) in [5.41, 5.74) is 4.54. The maximum absolute atomic E-state index is 13.2. The smallest absolute Gasteiger partial charge is 0.123 e. The summed E-state index contributed by atoms with van der Waals surface area (Å²) in [4.78, 5) is 6.57. The Hall–Kier alpha value is -2.53. The number of piperidine rings is 1. The summed E-state index contributed by atoms with van der Waals surface area (Å²) in [6, 6.07) is 10.8. The number of hydrogen-bond acceptors (Lipinski definition) is 3. The first-order chi connectivity index (χ1) is 12.3. The summed E-state index contributed by atoms with van der Waals surface area (Å²) in [6.45, 7) is 3.05. The normalized spacial score (nSPS) is 18.4. The zero-order valence-corrected chi connectivity index (χ0v) is 14.0. The number of nitrogens with one attached hydrogen (secondary N) is 1. The highest BCUT2D eigenvalue weighted by atomic mass is 19.1. The van der Waals surface area contributed by atoms with Gasteiger partial charge in [0.25, 0.3) is 0 Å². The van der Waals surface area contributed by atoms with Gasteiger partial charge >= 0.3 is 0 Å². The number of H-pyrrole nitrogens is 1. The molecule has 1 fully saturated rings. The Morgan fingerprint density at radius 1 is 1.12 bits per heavy atom. The second-order valence-corrected chi connectivity index (χ2v) is 6.63. The minimum Gasteiger partial charge on any atom is -0.298 e. The van der Waals surface area contributed by atoms with Gasteiger partial charge in [-0.25, -0.2) is 4.39 Å². The third kappa shape index (κ3) is 3.61. The molecular formula is C20H21FN4. The predicted octanol–water partition coefficient (Wildman–Crippen LogP) is 3.99. The van der Waals surface area contributed by atoms with Crippen molar-refractivity contribution in [1.29, 1.82) is 0 Å². The fourth-order valence-corrected chi connectivity index (χ4v) is 3.65. The Morgan fingerprint density at radius 2 is 1.92 bits per heavy atom. The quantitative estimate of drug-likeness (QED) is 0.783. The SMILES string of the molecule is Fc1ccc(-c2cn[nH]c2C2CCCN(Cc3ccncc3)C2)cc1. The minimum absolute atomic E-state index is 0.213. The van der Waals surface area contributed by atoms with Crippen LogP contribution in [0, 0.1) is 5.82 Å². The van der Waals surface area contributed by atoms with Crippen molar-refractivity contribution in [3.63, 3.8) is 0 Å². The van der Waals surface area contributed by atoms with Crippen LogP contribution in [0.4, 0.5) is 4.39 Å². The van der Waals surface area contributed by atoms with Gasteiger partial charge in [0.05, 0.1) is 6.20 Å². The van der Waals surface area contributed by atoms with Crippen LogP contribution in [-0.4, -0.2) is 33.2 Å². The number of halogens is 1. The molecular weight excluding hydrogens is 315 g/mol. The second kappa shape index (κ2) is 7.15. The molecule has 2 aromatic heterocycles. The van der Waals surface area contributed by atoms with Crippen LogP contribution in [0.25, 0.3) is 11.1 Å². The Kier molecular flexibility index (Phi) is 4.57. The van der Waals surface area contributed by atoms with Crippen molar-refractivity contribution >= 4 is 0 Å². The monoisotopic (exact) mass is 336 g/mol. The Labute approximate surface area is 146 Å². The highest BCUT2D eigenvalue weighted by Gasteiger charge is 2.25. The molecule has 1 atom stereocenters. The average molecular weight is 336 g/mol. The molecule has 1 saturated heterocycles. The molecule has 4 nitrogen and oxygen atoms in total. The lowest BCUT2D eigenvalue weighted by atomic mass is 9.90. The molecule has 0 spiro atoms. The van der Waals surface area contributed by atoms with Crippen LogP contribution in [0.1, 0.15) is 30.0 Å². The molecule has 1 aliphatic heterocycles. The van der Waals surface area contributed by atoms with Gasteiger partial charge in [0.15, 0.2) is 0 Å². The predicted molar refractivity (Wildman–Crippen MR) is 95.5 cm³/mol. The summed E-state index contributed by atoms with van der Waals surface area (Å²) in [5.74, 6) is 0.202. The van der Waals surface area contributed by atoms with Gasteiger partial charge in [0, 0.05) is 42.7 Å². The number of rotatable bonds is 4. The van der Waals surface area contributed by atoms with Gasteiger partial charge in [-0.3, -0.25) is 15.0 Å². The van der Waals surface area contributed by atoms with E-state index in [-0.39, 0.29) is 5.82 Å². The van der Waals surface area contributed by atoms with Gasteiger partial charge in [0.2, 0.25) is 0 Å². The number of hydrogen-bond donors (Lipinski definition) is 1. The molecule has 25 heavy (non-hydrogen) atoms. The standard InChI is InChI=1S/C20H21FN4/c21-18-5-3-16(4-6-18)19-12-23-24-20(19)17-2-1-11-25(14-17)13-15-7-9-22-10-8-15/h3-10,12,17H,1-2,11,13-14H2,(H,23,24). The lowest BCUT2D eigenvalue weighted by Crippen LogP contribution is -2.34. The Morgan fingerprint density at radius 3 is 2.72 bits per heavy atom. The maximum Gasteiger partial charge on any atom is 0.123 e. The number of benzene rings is 1. The van der Waals surface area contributed by atoms with Crippen LogP contribution in [0.2, 0.25) is 0 Å². The van der Waals surface area contributed by atoms with E-state index in [0.29, 0.717) is 5.92 Å². The van der Waals surface area contributed by atoms with Crippen molar-refractivity contribution in [2.45, 2.75) is 25.3 Å². The third-order valence-corrected chi connectivity index (χ3v) is 4.89. The van der Waals surface area contributed by atoms with Gasteiger partial charge in [-0.05, 0) is 54.8 Å². The molecule has 1 unspecified atom stereocenters. The largest absolute Gasteiger partial charge is 0.298 e. The number of aromatic amines is 1. The van der Waals surface area contributed by atoms with Crippen molar-refractivity contribution in [3.05, 3.63) is 72.1 Å². The first-order valence-corrected chi connectivity index (χ1v) is 8.70. The molecule has 0 saturated carbocycles. The molecule has 1 aliphatic rings. The van der Waals surface area contributed by atoms with E-state index in [2.05, 4.69) is 32.2 Å². The van der Waals surface area contributed by atoms with Crippen LogP contribution in [0.3, 0.4) is 0 Å². The summed E-state index contributed by atoms with van der Waals surface area (Å²) >= 11 is 0. The van der Waals surface area contributed by atoms with Crippen molar-refractivity contribution < 1.29 is 4.39 Å². The van der Waals surface area contributed by atoms with Crippen molar-refractivity contribution in [1.82, 2.24) is 20.1 Å². The lowest BCUT2D eigenvalue weighted by Gasteiger charge is -2.32. The summed E-state index contributed by atoms with van der Waals surface area (Å²) < 4.78 is 13.2. The van der Waals surface area contributed by atoms with E-state index >= 15 is 0 Å². The molecule has 0 radical (unpaired) electrons. The molecule has 3 heterocycles. The van der Waals surface area contributed by atoms with Crippen LogP contribution < -0.4 is 0 Å². The molecule has 1 N–H and O–H groups in total. The average Bonchev–Trinajstić information content (AvgIpc) is 3.13. The van der Waals surface area contributed by atoms with Crippen LogP contribution in [0.5, 0.6) is 0 Å². The zero-order valence-electron chi connectivity index (χ0n) is 14.0. The van der Waals surface area contributed by atoms with E-state index in [1.807, 2.05) is 30.7 Å². The highest BCUT2D eigenvalue weighted by Crippen LogP contribution is 2.33. The van der Waals surface area contributed by atoms with Crippen molar-refractivity contribution in [2.24, 2.45) is 0 Å². The fraction of sp³-hybridized carbons (Fsp3) is 0.300. The minimum atomic E-state index is -0.213. The molecule has 128 valence electrons. The maximum atomic E-state index is 13.2. The van der Waals surface area contributed by atoms with Crippen molar-refractivity contribution in [2.75, 3.05) is 13.1 Å². The summed E-state index contributed by atoms with van der Waals surface area (Å²) in [6.07, 6.45) is 7.85. The molecule has 4 rings (SSSR count). The molecule has 5 heteroatoms. The molecule has 1 aromatic carbocycles. The number of pyridine rings is 1. The van der Waals surface area contributed by atoms with E-state index in [1.165, 1.54) is 17.7 Å². The Balaban J connectivity index is 1.52. The first-order valence-electron chi connectivity index (χ1n) is 8.70.